The van der Waals surface area contributed by atoms with E-state index in [-0.39, 0.29) is 11.5 Å². The number of carbonyl (C=O) groups is 1. The molecule has 0 radical (unpaired) electrons. The van der Waals surface area contributed by atoms with Crippen molar-refractivity contribution in [2.75, 3.05) is 13.2 Å². The van der Waals surface area contributed by atoms with E-state index in [9.17, 15) is 4.79 Å². The van der Waals surface area contributed by atoms with E-state index < -0.39 is 0 Å². The fourth-order valence-electron chi connectivity index (χ4n) is 2.35. The number of nitrogens with one attached hydrogen (secondary N) is 1. The number of fused-ring (bicyclic) bond motifs is 1. The Bertz CT molecular complexity index is 232. The first-order valence-electron chi connectivity index (χ1n) is 5.36. The Balaban J connectivity index is 1.99. The van der Waals surface area contributed by atoms with Crippen LogP contribution in [0.4, 0.5) is 0 Å². The Kier molecular flexibility index (Phi) is 2.40. The largest absolute Gasteiger partial charge is 0.379 e. The van der Waals surface area contributed by atoms with Crippen LogP contribution in [-0.2, 0) is 9.53 Å². The SMILES string of the molecule is CC(C)(C)C(=O)C1CC2COCC2N1. The molecule has 3 heteroatoms. The molecule has 1 N–H and O–H groups in total. The summed E-state index contributed by atoms with van der Waals surface area (Å²) in [5, 5.41) is 3.38. The molecule has 0 saturated carbocycles. The van der Waals surface area contributed by atoms with Gasteiger partial charge < -0.3 is 10.1 Å². The molecular formula is C11H19NO2. The van der Waals surface area contributed by atoms with Crippen molar-refractivity contribution in [3.63, 3.8) is 0 Å². The predicted octanol–water partition coefficient (Wildman–Crippen LogP) is 0.978. The molecule has 2 aliphatic heterocycles. The highest BCUT2D eigenvalue weighted by Crippen LogP contribution is 2.30. The third-order valence-corrected chi connectivity index (χ3v) is 3.21. The summed E-state index contributed by atoms with van der Waals surface area (Å²) in [5.41, 5.74) is -0.225. The van der Waals surface area contributed by atoms with Crippen LogP contribution in [0, 0.1) is 11.3 Å². The van der Waals surface area contributed by atoms with Gasteiger partial charge in [-0.25, -0.2) is 0 Å². The van der Waals surface area contributed by atoms with Gasteiger partial charge in [-0.05, 0) is 6.42 Å². The first-order chi connectivity index (χ1) is 6.48. The summed E-state index contributed by atoms with van der Waals surface area (Å²) in [7, 11) is 0. The van der Waals surface area contributed by atoms with E-state index in [0.29, 0.717) is 17.7 Å². The second kappa shape index (κ2) is 3.31. The van der Waals surface area contributed by atoms with Gasteiger partial charge in [0.15, 0.2) is 5.78 Å². The molecule has 14 heavy (non-hydrogen) atoms. The molecular weight excluding hydrogens is 178 g/mol. The van der Waals surface area contributed by atoms with E-state index in [1.165, 1.54) is 0 Å². The molecule has 2 fully saturated rings. The van der Waals surface area contributed by atoms with Crippen molar-refractivity contribution in [2.24, 2.45) is 11.3 Å². The third kappa shape index (κ3) is 1.71. The lowest BCUT2D eigenvalue weighted by Crippen LogP contribution is -2.42. The monoisotopic (exact) mass is 197 g/mol. The van der Waals surface area contributed by atoms with Crippen molar-refractivity contribution in [1.29, 1.82) is 0 Å². The molecule has 2 heterocycles. The fourth-order valence-corrected chi connectivity index (χ4v) is 2.35. The van der Waals surface area contributed by atoms with Gasteiger partial charge in [-0.1, -0.05) is 20.8 Å². The summed E-state index contributed by atoms with van der Waals surface area (Å²) in [5.74, 6) is 0.901. The van der Waals surface area contributed by atoms with Crippen LogP contribution in [0.2, 0.25) is 0 Å². The van der Waals surface area contributed by atoms with E-state index in [0.717, 1.165) is 19.6 Å². The van der Waals surface area contributed by atoms with Gasteiger partial charge in [0, 0.05) is 17.4 Å². The minimum absolute atomic E-state index is 0.0638. The lowest BCUT2D eigenvalue weighted by Gasteiger charge is -2.22. The van der Waals surface area contributed by atoms with E-state index in [4.69, 9.17) is 4.74 Å². The Hall–Kier alpha value is -0.410. The third-order valence-electron chi connectivity index (χ3n) is 3.21. The van der Waals surface area contributed by atoms with Gasteiger partial charge in [0.2, 0.25) is 0 Å². The van der Waals surface area contributed by atoms with Crippen LogP contribution in [0.15, 0.2) is 0 Å². The first kappa shape index (κ1) is 10.1. The van der Waals surface area contributed by atoms with Gasteiger partial charge in [0.05, 0.1) is 19.3 Å². The molecule has 2 saturated heterocycles. The molecule has 0 aliphatic carbocycles. The molecule has 3 unspecified atom stereocenters. The average Bonchev–Trinajstić information content (AvgIpc) is 2.58. The zero-order valence-electron chi connectivity index (χ0n) is 9.17. The van der Waals surface area contributed by atoms with E-state index in [1.54, 1.807) is 0 Å². The van der Waals surface area contributed by atoms with Crippen molar-refractivity contribution in [3.8, 4) is 0 Å². The summed E-state index contributed by atoms with van der Waals surface area (Å²) in [4.78, 5) is 12.0. The van der Waals surface area contributed by atoms with Gasteiger partial charge in [0.1, 0.15) is 0 Å². The highest BCUT2D eigenvalue weighted by molar-refractivity contribution is 5.89. The van der Waals surface area contributed by atoms with Crippen LogP contribution in [0.5, 0.6) is 0 Å². The number of hydrogen-bond acceptors (Lipinski definition) is 3. The summed E-state index contributed by atoms with van der Waals surface area (Å²) in [6.45, 7) is 7.56. The first-order valence-corrected chi connectivity index (χ1v) is 5.36. The lowest BCUT2D eigenvalue weighted by molar-refractivity contribution is -0.128. The summed E-state index contributed by atoms with van der Waals surface area (Å²) in [6, 6.07) is 0.486. The number of rotatable bonds is 1. The molecule has 80 valence electrons. The molecule has 0 bridgehead atoms. The topological polar surface area (TPSA) is 38.3 Å². The van der Waals surface area contributed by atoms with Gasteiger partial charge >= 0.3 is 0 Å². The van der Waals surface area contributed by atoms with Crippen LogP contribution >= 0.6 is 0 Å². The number of Topliss-reactive ketones (excluding diaryl/α,β-unsaturated/α-hetero) is 1. The highest BCUT2D eigenvalue weighted by Gasteiger charge is 2.42. The van der Waals surface area contributed by atoms with Crippen molar-refractivity contribution < 1.29 is 9.53 Å². The van der Waals surface area contributed by atoms with Crippen molar-refractivity contribution in [2.45, 2.75) is 39.3 Å². The number of ether oxygens (including phenoxy) is 1. The number of carbonyl (C=O) groups excluding carboxylic acids is 1. The second-order valence-electron chi connectivity index (χ2n) is 5.47. The molecule has 0 amide bonds. The Morgan fingerprint density at radius 1 is 1.36 bits per heavy atom. The maximum absolute atomic E-state index is 12.0. The smallest absolute Gasteiger partial charge is 0.155 e. The van der Waals surface area contributed by atoms with E-state index in [2.05, 4.69) is 5.32 Å². The zero-order chi connectivity index (χ0) is 10.3. The molecule has 2 aliphatic rings. The minimum Gasteiger partial charge on any atom is -0.379 e. The molecule has 0 spiro atoms. The molecule has 0 aromatic carbocycles. The van der Waals surface area contributed by atoms with Gasteiger partial charge in [-0.3, -0.25) is 4.79 Å². The summed E-state index contributed by atoms with van der Waals surface area (Å²) >= 11 is 0. The van der Waals surface area contributed by atoms with E-state index in [1.807, 2.05) is 20.8 Å². The zero-order valence-corrected chi connectivity index (χ0v) is 9.17. The Labute approximate surface area is 85.2 Å². The minimum atomic E-state index is -0.225. The average molecular weight is 197 g/mol. The fraction of sp³-hybridized carbons (Fsp3) is 0.909. The quantitative estimate of drug-likeness (QED) is 0.681. The van der Waals surface area contributed by atoms with Crippen molar-refractivity contribution in [3.05, 3.63) is 0 Å². The van der Waals surface area contributed by atoms with Gasteiger partial charge in [0.25, 0.3) is 0 Å². The Morgan fingerprint density at radius 2 is 2.07 bits per heavy atom. The maximum Gasteiger partial charge on any atom is 0.155 e. The van der Waals surface area contributed by atoms with Gasteiger partial charge in [-0.15, -0.1) is 0 Å². The Morgan fingerprint density at radius 3 is 2.64 bits per heavy atom. The van der Waals surface area contributed by atoms with Crippen molar-refractivity contribution in [1.82, 2.24) is 5.32 Å². The molecule has 2 rings (SSSR count). The highest BCUT2D eigenvalue weighted by atomic mass is 16.5. The predicted molar refractivity (Wildman–Crippen MR) is 54.1 cm³/mol. The summed E-state index contributed by atoms with van der Waals surface area (Å²) < 4.78 is 5.35. The summed E-state index contributed by atoms with van der Waals surface area (Å²) in [6.07, 6.45) is 0.959. The number of hydrogen-bond donors (Lipinski definition) is 1. The van der Waals surface area contributed by atoms with Crippen LogP contribution in [0.1, 0.15) is 27.2 Å². The maximum atomic E-state index is 12.0. The van der Waals surface area contributed by atoms with Crippen LogP contribution in [0.3, 0.4) is 0 Å². The van der Waals surface area contributed by atoms with Gasteiger partial charge in [-0.2, -0.15) is 0 Å². The second-order valence-corrected chi connectivity index (χ2v) is 5.47. The standard InChI is InChI=1S/C11H19NO2/c1-11(2,3)10(13)8-4-7-5-14-6-9(7)12-8/h7-9,12H,4-6H2,1-3H3. The molecule has 0 aromatic heterocycles. The van der Waals surface area contributed by atoms with Crippen LogP contribution in [0.25, 0.3) is 0 Å². The number of ketones is 1. The molecule has 3 atom stereocenters. The normalized spacial score (nSPS) is 37.2. The van der Waals surface area contributed by atoms with Crippen LogP contribution in [-0.4, -0.2) is 31.1 Å². The molecule has 0 aromatic rings. The lowest BCUT2D eigenvalue weighted by atomic mass is 9.85. The van der Waals surface area contributed by atoms with Crippen molar-refractivity contribution >= 4 is 5.78 Å². The molecule has 3 nitrogen and oxygen atoms in total. The van der Waals surface area contributed by atoms with Crippen LogP contribution < -0.4 is 5.32 Å². The van der Waals surface area contributed by atoms with E-state index >= 15 is 0 Å².